The van der Waals surface area contributed by atoms with Gasteiger partial charge in [-0.3, -0.25) is 29.5 Å². The molecule has 0 aliphatic carbocycles. The minimum atomic E-state index is -0.697. The molecule has 0 saturated carbocycles. The van der Waals surface area contributed by atoms with Crippen molar-refractivity contribution in [3.63, 3.8) is 0 Å². The van der Waals surface area contributed by atoms with Crippen LogP contribution in [0.1, 0.15) is 39.1 Å². The quantitative estimate of drug-likeness (QED) is 0.721. The highest BCUT2D eigenvalue weighted by molar-refractivity contribution is 6.07. The fourth-order valence-corrected chi connectivity index (χ4v) is 3.41. The van der Waals surface area contributed by atoms with Gasteiger partial charge in [0.25, 0.3) is 11.8 Å². The number of aromatic nitrogens is 2. The summed E-state index contributed by atoms with van der Waals surface area (Å²) in [6, 6.07) is 4.02. The normalized spacial score (nSPS) is 18.3. The molecule has 0 spiro atoms. The van der Waals surface area contributed by atoms with Crippen LogP contribution >= 0.6 is 0 Å². The minimum absolute atomic E-state index is 0.186. The first-order chi connectivity index (χ1) is 14.0. The van der Waals surface area contributed by atoms with Crippen LogP contribution in [-0.4, -0.2) is 51.6 Å². The number of amides is 4. The zero-order valence-corrected chi connectivity index (χ0v) is 15.5. The number of nitrogens with zero attached hydrogens (tertiary/aromatic N) is 3. The Bertz CT molecular complexity index is 1040. The predicted octanol–water partition coefficient (Wildman–Crippen LogP) is 0.498. The smallest absolute Gasteiger partial charge is 0.256 e. The molecular weight excluding hydrogens is 378 g/mol. The third-order valence-corrected chi connectivity index (χ3v) is 4.85. The van der Waals surface area contributed by atoms with E-state index in [1.165, 1.54) is 30.5 Å². The van der Waals surface area contributed by atoms with Gasteiger partial charge in [-0.05, 0) is 30.2 Å². The molecule has 1 aromatic heterocycles. The van der Waals surface area contributed by atoms with E-state index in [2.05, 4.69) is 20.6 Å². The molecule has 10 heteroatoms. The van der Waals surface area contributed by atoms with Gasteiger partial charge >= 0.3 is 0 Å². The molecule has 4 rings (SSSR count). The molecule has 1 aromatic carbocycles. The molecule has 3 heterocycles. The van der Waals surface area contributed by atoms with Crippen molar-refractivity contribution < 1.29 is 23.9 Å². The van der Waals surface area contributed by atoms with E-state index in [1.807, 2.05) is 0 Å². The van der Waals surface area contributed by atoms with Gasteiger partial charge in [0.1, 0.15) is 6.04 Å². The summed E-state index contributed by atoms with van der Waals surface area (Å²) < 4.78 is 4.98. The van der Waals surface area contributed by atoms with Crippen LogP contribution in [0.4, 0.5) is 5.82 Å². The maximum absolute atomic E-state index is 12.7. The lowest BCUT2D eigenvalue weighted by molar-refractivity contribution is -0.136. The summed E-state index contributed by atoms with van der Waals surface area (Å²) in [6.07, 6.45) is 3.28. The van der Waals surface area contributed by atoms with Gasteiger partial charge < -0.3 is 15.0 Å². The van der Waals surface area contributed by atoms with Crippen LogP contribution in [-0.2, 0) is 16.1 Å². The van der Waals surface area contributed by atoms with E-state index in [4.69, 9.17) is 4.74 Å². The number of ether oxygens (including phenoxy) is 1. The lowest BCUT2D eigenvalue weighted by atomic mass is 10.0. The fraction of sp³-hybridized carbons (Fsp3) is 0.263. The van der Waals surface area contributed by atoms with Crippen molar-refractivity contribution in [2.24, 2.45) is 0 Å². The summed E-state index contributed by atoms with van der Waals surface area (Å²) in [5.41, 5.74) is 1.42. The third kappa shape index (κ3) is 3.51. The van der Waals surface area contributed by atoms with E-state index < -0.39 is 17.9 Å². The zero-order chi connectivity index (χ0) is 20.5. The van der Waals surface area contributed by atoms with Gasteiger partial charge in [0.15, 0.2) is 5.82 Å². The molecule has 1 saturated heterocycles. The Hall–Kier alpha value is -3.82. The Morgan fingerprint density at radius 3 is 2.86 bits per heavy atom. The number of anilines is 1. The lowest BCUT2D eigenvalue weighted by Crippen LogP contribution is -2.52. The molecule has 1 unspecified atom stereocenters. The molecule has 1 fully saturated rings. The van der Waals surface area contributed by atoms with Crippen molar-refractivity contribution in [3.8, 4) is 5.88 Å². The third-order valence-electron chi connectivity index (χ3n) is 4.85. The van der Waals surface area contributed by atoms with Crippen molar-refractivity contribution in [3.05, 3.63) is 47.3 Å². The number of carbonyl (C=O) groups is 4. The molecule has 4 amide bonds. The Balaban J connectivity index is 1.51. The first-order valence-corrected chi connectivity index (χ1v) is 8.91. The van der Waals surface area contributed by atoms with Crippen LogP contribution in [0.15, 0.2) is 30.6 Å². The van der Waals surface area contributed by atoms with E-state index in [0.717, 1.165) is 0 Å². The number of hydrogen-bond donors (Lipinski definition) is 2. The minimum Gasteiger partial charge on any atom is -0.480 e. The molecule has 2 aromatic rings. The van der Waals surface area contributed by atoms with E-state index in [1.54, 1.807) is 12.1 Å². The van der Waals surface area contributed by atoms with Crippen molar-refractivity contribution in [2.45, 2.75) is 25.4 Å². The molecule has 10 nitrogen and oxygen atoms in total. The first kappa shape index (κ1) is 18.5. The predicted molar refractivity (Wildman–Crippen MR) is 99.0 cm³/mol. The highest BCUT2D eigenvalue weighted by Gasteiger charge is 2.39. The molecule has 2 aliphatic heterocycles. The summed E-state index contributed by atoms with van der Waals surface area (Å²) in [5.74, 6) is -1.02. The Kier molecular flexibility index (Phi) is 4.67. The number of imide groups is 1. The second kappa shape index (κ2) is 7.30. The van der Waals surface area contributed by atoms with Crippen molar-refractivity contribution in [2.75, 3.05) is 12.4 Å². The largest absolute Gasteiger partial charge is 0.480 e. The molecular formula is C19H17N5O5. The van der Waals surface area contributed by atoms with Crippen LogP contribution in [0.2, 0.25) is 0 Å². The molecule has 2 aliphatic rings. The number of benzene rings is 1. The van der Waals surface area contributed by atoms with E-state index >= 15 is 0 Å². The Labute approximate surface area is 165 Å². The summed E-state index contributed by atoms with van der Waals surface area (Å²) in [6.45, 7) is 0.195. The molecule has 1 atom stereocenters. The van der Waals surface area contributed by atoms with Crippen molar-refractivity contribution in [1.82, 2.24) is 20.2 Å². The number of carbonyl (C=O) groups excluding carboxylic acids is 4. The summed E-state index contributed by atoms with van der Waals surface area (Å²) >= 11 is 0. The number of rotatable bonds is 4. The van der Waals surface area contributed by atoms with Crippen LogP contribution in [0.5, 0.6) is 5.88 Å². The number of methoxy groups -OCH3 is 1. The molecule has 0 radical (unpaired) electrons. The standard InChI is InChI=1S/C19H17N5O5/c1-29-16-8-20-7-14(21-16)22-17(26)10-2-3-12-11(6-10)9-24(19(12)28)13-4-5-15(25)23-18(13)27/h2-3,6-8,13H,4-5,9H2,1H3,(H,21,22,26)(H,23,25,27). The van der Waals surface area contributed by atoms with Gasteiger partial charge in [0, 0.05) is 24.1 Å². The molecule has 29 heavy (non-hydrogen) atoms. The molecule has 148 valence electrons. The van der Waals surface area contributed by atoms with Crippen LogP contribution < -0.4 is 15.4 Å². The van der Waals surface area contributed by atoms with Crippen LogP contribution in [0.3, 0.4) is 0 Å². The van der Waals surface area contributed by atoms with Gasteiger partial charge in [-0.1, -0.05) is 0 Å². The number of hydrogen-bond acceptors (Lipinski definition) is 7. The van der Waals surface area contributed by atoms with E-state index in [9.17, 15) is 19.2 Å². The zero-order valence-electron chi connectivity index (χ0n) is 15.5. The first-order valence-electron chi connectivity index (χ1n) is 8.91. The highest BCUT2D eigenvalue weighted by atomic mass is 16.5. The van der Waals surface area contributed by atoms with Crippen molar-refractivity contribution >= 4 is 29.4 Å². The SMILES string of the molecule is COc1cncc(NC(=O)c2ccc3c(c2)CN(C2CCC(=O)NC2=O)C3=O)n1. The second-order valence-corrected chi connectivity index (χ2v) is 6.67. The summed E-state index contributed by atoms with van der Waals surface area (Å²) in [5, 5.41) is 4.89. The monoisotopic (exact) mass is 395 g/mol. The Morgan fingerprint density at radius 1 is 1.28 bits per heavy atom. The highest BCUT2D eigenvalue weighted by Crippen LogP contribution is 2.28. The van der Waals surface area contributed by atoms with Crippen LogP contribution in [0, 0.1) is 0 Å². The van der Waals surface area contributed by atoms with E-state index in [-0.39, 0.29) is 42.9 Å². The summed E-state index contributed by atoms with van der Waals surface area (Å²) in [4.78, 5) is 58.1. The van der Waals surface area contributed by atoms with E-state index in [0.29, 0.717) is 16.7 Å². The molecule has 2 N–H and O–H groups in total. The maximum atomic E-state index is 12.7. The maximum Gasteiger partial charge on any atom is 0.256 e. The average Bonchev–Trinajstić information content (AvgIpc) is 3.04. The van der Waals surface area contributed by atoms with Gasteiger partial charge in [-0.25, -0.2) is 0 Å². The number of piperidine rings is 1. The number of fused-ring (bicyclic) bond motifs is 1. The lowest BCUT2D eigenvalue weighted by Gasteiger charge is -2.29. The van der Waals surface area contributed by atoms with Gasteiger partial charge in [0.05, 0.1) is 19.5 Å². The van der Waals surface area contributed by atoms with Gasteiger partial charge in [-0.15, -0.1) is 0 Å². The average molecular weight is 395 g/mol. The van der Waals surface area contributed by atoms with Crippen molar-refractivity contribution in [1.29, 1.82) is 0 Å². The van der Waals surface area contributed by atoms with Gasteiger partial charge in [-0.2, -0.15) is 4.98 Å². The van der Waals surface area contributed by atoms with Crippen LogP contribution in [0.25, 0.3) is 0 Å². The summed E-state index contributed by atoms with van der Waals surface area (Å²) in [7, 11) is 1.45. The molecule has 0 bridgehead atoms. The topological polar surface area (TPSA) is 131 Å². The Morgan fingerprint density at radius 2 is 2.10 bits per heavy atom. The number of nitrogens with one attached hydrogen (secondary N) is 2. The second-order valence-electron chi connectivity index (χ2n) is 6.67. The fourth-order valence-electron chi connectivity index (χ4n) is 3.41. The van der Waals surface area contributed by atoms with Gasteiger partial charge in [0.2, 0.25) is 17.7 Å².